The zero-order valence-electron chi connectivity index (χ0n) is 22.7. The first-order valence-electron chi connectivity index (χ1n) is 13.4. The van der Waals surface area contributed by atoms with Gasteiger partial charge >= 0.3 is 0 Å². The number of anilines is 1. The van der Waals surface area contributed by atoms with E-state index in [2.05, 4.69) is 36.4 Å². The average Bonchev–Trinajstić information content (AvgIpc) is 3.44. The molecule has 1 aromatic heterocycles. The summed E-state index contributed by atoms with van der Waals surface area (Å²) in [5.74, 6) is 0.354. The van der Waals surface area contributed by atoms with Crippen LogP contribution in [0.25, 0.3) is 27.4 Å². The van der Waals surface area contributed by atoms with Crippen molar-refractivity contribution in [2.75, 3.05) is 23.0 Å². The van der Waals surface area contributed by atoms with Crippen molar-refractivity contribution in [1.29, 1.82) is 0 Å². The first-order chi connectivity index (χ1) is 20.4. The molecular weight excluding hydrogens is 744 g/mol. The van der Waals surface area contributed by atoms with Gasteiger partial charge in [-0.05, 0) is 66.8 Å². The molecule has 0 unspecified atom stereocenters. The SMILES string of the molecule is [O]S(=O)(=O)CCCCN1/C(=C/c2sc3ccc(Br)cc3[n+]2CCCCS([O])(=O)=O)Oc2ccc(-c3ccc(Br)cc3)cc21. The fourth-order valence-corrected chi connectivity index (χ4v) is 7.70. The molecule has 0 aliphatic carbocycles. The van der Waals surface area contributed by atoms with E-state index >= 15 is 0 Å². The lowest BCUT2D eigenvalue weighted by molar-refractivity contribution is -0.669. The van der Waals surface area contributed by atoms with Crippen LogP contribution in [-0.4, -0.2) is 34.9 Å². The number of aryl methyl sites for hydroxylation is 1. The second-order valence-electron chi connectivity index (χ2n) is 10.1. The summed E-state index contributed by atoms with van der Waals surface area (Å²) in [7, 11) is -8.60. The van der Waals surface area contributed by atoms with E-state index in [1.54, 1.807) is 11.3 Å². The van der Waals surface area contributed by atoms with Crippen molar-refractivity contribution < 1.29 is 35.2 Å². The van der Waals surface area contributed by atoms with Gasteiger partial charge in [-0.2, -0.15) is 21.4 Å². The Morgan fingerprint density at radius 2 is 1.44 bits per heavy atom. The van der Waals surface area contributed by atoms with Gasteiger partial charge in [0.25, 0.3) is 25.2 Å². The fraction of sp³-hybridized carbons (Fsp3) is 0.276. The Bertz CT molecular complexity index is 1890. The zero-order chi connectivity index (χ0) is 30.8. The molecule has 0 saturated heterocycles. The van der Waals surface area contributed by atoms with Crippen LogP contribution in [0.15, 0.2) is 75.5 Å². The summed E-state index contributed by atoms with van der Waals surface area (Å²) in [5, 5.41) is 0.862. The highest BCUT2D eigenvalue weighted by atomic mass is 79.9. The van der Waals surface area contributed by atoms with Crippen LogP contribution in [0.2, 0.25) is 0 Å². The lowest BCUT2D eigenvalue weighted by atomic mass is 10.0. The largest absolute Gasteiger partial charge is 0.438 e. The van der Waals surface area contributed by atoms with Crippen molar-refractivity contribution in [3.8, 4) is 16.9 Å². The monoisotopic (exact) mass is 769 g/mol. The maximum Gasteiger partial charge on any atom is 0.294 e. The van der Waals surface area contributed by atoms with Gasteiger partial charge in [0.05, 0.1) is 23.3 Å². The van der Waals surface area contributed by atoms with E-state index in [1.165, 1.54) is 0 Å². The van der Waals surface area contributed by atoms with E-state index in [0.29, 0.717) is 37.6 Å². The third kappa shape index (κ3) is 8.44. The summed E-state index contributed by atoms with van der Waals surface area (Å²) < 4.78 is 78.3. The third-order valence-corrected chi connectivity index (χ3v) is 10.6. The predicted octanol–water partition coefficient (Wildman–Crippen LogP) is 6.66. The molecule has 2 heterocycles. The van der Waals surface area contributed by atoms with Crippen molar-refractivity contribution in [2.45, 2.75) is 32.2 Å². The molecule has 0 spiro atoms. The van der Waals surface area contributed by atoms with E-state index in [0.717, 1.165) is 41.0 Å². The minimum Gasteiger partial charge on any atom is -0.438 e. The van der Waals surface area contributed by atoms with Gasteiger partial charge in [0.2, 0.25) is 11.4 Å². The predicted molar refractivity (Wildman–Crippen MR) is 173 cm³/mol. The summed E-state index contributed by atoms with van der Waals surface area (Å²) >= 11 is 8.56. The number of benzene rings is 3. The molecule has 43 heavy (non-hydrogen) atoms. The molecule has 0 fully saturated rings. The fourth-order valence-electron chi connectivity index (χ4n) is 4.88. The van der Waals surface area contributed by atoms with Crippen LogP contribution in [-0.2, 0) is 35.9 Å². The lowest BCUT2D eigenvalue weighted by Crippen LogP contribution is -2.35. The Morgan fingerprint density at radius 3 is 2.14 bits per heavy atom. The average molecular weight is 772 g/mol. The summed E-state index contributed by atoms with van der Waals surface area (Å²) in [4.78, 5) is 1.99. The summed E-state index contributed by atoms with van der Waals surface area (Å²) in [5.41, 5.74) is 3.79. The molecule has 9 nitrogen and oxygen atoms in total. The number of aromatic nitrogens is 1. The minimum atomic E-state index is -4.31. The Kier molecular flexibility index (Phi) is 9.96. The van der Waals surface area contributed by atoms with E-state index in [9.17, 15) is 25.9 Å². The Balaban J connectivity index is 1.50. The summed E-state index contributed by atoms with van der Waals surface area (Å²) in [6.07, 6.45) is 3.33. The number of ether oxygens (including phenoxy) is 1. The molecule has 0 N–H and O–H groups in total. The molecular formula is C29H27Br2N2O7S3+. The molecule has 226 valence electrons. The number of unbranched alkanes of at least 4 members (excludes halogenated alkanes) is 2. The molecule has 4 aromatic rings. The topological polar surface area (TPSA) is 124 Å². The Morgan fingerprint density at radius 1 is 0.791 bits per heavy atom. The normalized spacial score (nSPS) is 14.4. The van der Waals surface area contributed by atoms with Crippen LogP contribution in [0.5, 0.6) is 5.75 Å². The van der Waals surface area contributed by atoms with Gasteiger partial charge in [0.15, 0.2) is 12.3 Å². The van der Waals surface area contributed by atoms with Crippen LogP contribution in [0.4, 0.5) is 5.69 Å². The molecule has 14 heteroatoms. The Hall–Kier alpha value is -2.33. The van der Waals surface area contributed by atoms with Crippen molar-refractivity contribution in [3.05, 3.63) is 80.5 Å². The number of hydrogen-bond donors (Lipinski definition) is 0. The maximum absolute atomic E-state index is 11.2. The molecule has 0 amide bonds. The van der Waals surface area contributed by atoms with Crippen LogP contribution in [0.1, 0.15) is 30.7 Å². The molecule has 1 aliphatic rings. The molecule has 0 atom stereocenters. The number of rotatable bonds is 12. The number of fused-ring (bicyclic) bond motifs is 2. The highest BCUT2D eigenvalue weighted by Gasteiger charge is 2.29. The van der Waals surface area contributed by atoms with Crippen molar-refractivity contribution >= 4 is 85.4 Å². The third-order valence-electron chi connectivity index (χ3n) is 6.90. The van der Waals surface area contributed by atoms with E-state index in [1.807, 2.05) is 71.6 Å². The first kappa shape index (κ1) is 32.1. The van der Waals surface area contributed by atoms with E-state index in [-0.39, 0.29) is 12.8 Å². The van der Waals surface area contributed by atoms with Gasteiger partial charge in [0, 0.05) is 28.0 Å². The molecule has 0 bridgehead atoms. The van der Waals surface area contributed by atoms with Crippen molar-refractivity contribution in [2.24, 2.45) is 0 Å². The molecule has 2 radical (unpaired) electrons. The number of nitrogens with zero attached hydrogens (tertiary/aromatic N) is 2. The molecule has 1 aliphatic heterocycles. The number of hydrogen-bond acceptors (Lipinski definition) is 7. The van der Waals surface area contributed by atoms with Gasteiger partial charge < -0.3 is 9.64 Å². The van der Waals surface area contributed by atoms with Crippen molar-refractivity contribution in [1.82, 2.24) is 0 Å². The van der Waals surface area contributed by atoms with Gasteiger partial charge in [-0.15, -0.1) is 0 Å². The quantitative estimate of drug-likeness (QED) is 0.117. The van der Waals surface area contributed by atoms with Crippen LogP contribution >= 0.6 is 43.2 Å². The smallest absolute Gasteiger partial charge is 0.294 e. The van der Waals surface area contributed by atoms with Gasteiger partial charge in [-0.1, -0.05) is 70.5 Å². The molecule has 3 aromatic carbocycles. The summed E-state index contributed by atoms with van der Waals surface area (Å²) in [6.45, 7) is 0.920. The van der Waals surface area contributed by atoms with Crippen LogP contribution < -0.4 is 14.2 Å². The van der Waals surface area contributed by atoms with Crippen LogP contribution in [0, 0.1) is 0 Å². The first-order valence-corrected chi connectivity index (χ1v) is 19.0. The second-order valence-corrected chi connectivity index (χ2v) is 16.0. The van der Waals surface area contributed by atoms with Gasteiger partial charge in [-0.25, -0.2) is 0 Å². The standard InChI is InChI=1S/C29H27Br2N2O7S3/c30-22-8-5-20(6-9-22)21-7-11-26-24(17-21)32(13-1-3-15-42(34,35)36)28(40-26)19-29-33(14-2-4-16-43(37,38)39)25-18-23(31)10-12-27(25)41-29/h5-12,17-19H,1-4,13-16H2/q+1. The van der Waals surface area contributed by atoms with Crippen LogP contribution in [0.3, 0.4) is 0 Å². The zero-order valence-corrected chi connectivity index (χ0v) is 28.4. The number of thiazole rings is 1. The lowest BCUT2D eigenvalue weighted by Gasteiger charge is -2.18. The highest BCUT2D eigenvalue weighted by molar-refractivity contribution is 9.10. The Labute approximate surface area is 271 Å². The van der Waals surface area contributed by atoms with Gasteiger partial charge in [-0.3, -0.25) is 0 Å². The molecule has 0 saturated carbocycles. The van der Waals surface area contributed by atoms with Crippen molar-refractivity contribution in [3.63, 3.8) is 0 Å². The molecule has 5 rings (SSSR count). The minimum absolute atomic E-state index is 0.219. The maximum atomic E-state index is 11.2. The van der Waals surface area contributed by atoms with E-state index in [4.69, 9.17) is 4.74 Å². The number of halogens is 2. The summed E-state index contributed by atoms with van der Waals surface area (Å²) in [6, 6.07) is 19.8. The second kappa shape index (κ2) is 13.3. The highest BCUT2D eigenvalue weighted by Crippen LogP contribution is 2.42. The van der Waals surface area contributed by atoms with E-state index < -0.39 is 31.7 Å². The van der Waals surface area contributed by atoms with Gasteiger partial charge in [0.1, 0.15) is 4.70 Å².